The van der Waals surface area contributed by atoms with Crippen molar-refractivity contribution in [2.24, 2.45) is 11.6 Å². The maximum absolute atomic E-state index is 12.9. The number of carbonyl (C=O) groups excluding carboxylic acids is 2. The summed E-state index contributed by atoms with van der Waals surface area (Å²) in [6.45, 7) is 2.63. The Bertz CT molecular complexity index is 1020. The molecule has 2 aromatic rings. The Morgan fingerprint density at radius 3 is 2.55 bits per heavy atom. The third kappa shape index (κ3) is 5.11. The van der Waals surface area contributed by atoms with Gasteiger partial charge in [0.05, 0.1) is 20.2 Å². The first-order valence-corrected chi connectivity index (χ1v) is 11.2. The molecule has 10 heteroatoms. The van der Waals surface area contributed by atoms with Gasteiger partial charge in [0.1, 0.15) is 5.75 Å². The van der Waals surface area contributed by atoms with Gasteiger partial charge in [0.15, 0.2) is 5.69 Å². The number of ether oxygens (including phenoxy) is 1. The zero-order valence-corrected chi connectivity index (χ0v) is 18.9. The van der Waals surface area contributed by atoms with Gasteiger partial charge < -0.3 is 25.7 Å². The van der Waals surface area contributed by atoms with Crippen LogP contribution in [0.5, 0.6) is 5.75 Å². The number of amides is 2. The number of aromatic nitrogens is 2. The number of rotatable bonds is 6. The number of carbonyl (C=O) groups is 2. The molecule has 176 valence electrons. The summed E-state index contributed by atoms with van der Waals surface area (Å²) in [4.78, 5) is 29.3. The maximum Gasteiger partial charge on any atom is 0.274 e. The number of nitrogens with one attached hydrogen (secondary N) is 1. The van der Waals surface area contributed by atoms with Crippen LogP contribution in [0.3, 0.4) is 0 Å². The smallest absolute Gasteiger partial charge is 0.274 e. The van der Waals surface area contributed by atoms with Gasteiger partial charge >= 0.3 is 0 Å². The highest BCUT2D eigenvalue weighted by atomic mass is 16.5. The van der Waals surface area contributed by atoms with Crippen LogP contribution < -0.4 is 21.7 Å². The van der Waals surface area contributed by atoms with E-state index in [-0.39, 0.29) is 11.8 Å². The van der Waals surface area contributed by atoms with Crippen LogP contribution in [0, 0.1) is 0 Å². The fraction of sp³-hybridized carbons (Fsp3) is 0.435. The molecule has 0 saturated carbocycles. The number of benzene rings is 1. The molecule has 0 aliphatic carbocycles. The van der Waals surface area contributed by atoms with Crippen molar-refractivity contribution < 1.29 is 14.3 Å². The monoisotopic (exact) mass is 453 g/mol. The van der Waals surface area contributed by atoms with E-state index in [1.165, 1.54) is 0 Å². The van der Waals surface area contributed by atoms with Crippen molar-refractivity contribution in [1.29, 1.82) is 0 Å². The zero-order chi connectivity index (χ0) is 23.4. The topological polar surface area (TPSA) is 132 Å². The largest absolute Gasteiger partial charge is 0.497 e. The van der Waals surface area contributed by atoms with Gasteiger partial charge in [0, 0.05) is 56.0 Å². The standard InChI is InChI=1S/C23H31N7O3/c1-33-18-5-2-16(3-6-18)4-7-22(31)28-10-8-17-14-21(27-30(17)13-12-28)23(32)29-11-9-20(26-25)19(24)15-29/h2-3,5-6,14,26H,4,7-13,15,24-25H2,1H3. The third-order valence-electron chi connectivity index (χ3n) is 6.28. The zero-order valence-electron chi connectivity index (χ0n) is 18.9. The van der Waals surface area contributed by atoms with Crippen molar-refractivity contribution in [3.8, 4) is 5.75 Å². The Morgan fingerprint density at radius 2 is 1.85 bits per heavy atom. The number of methoxy groups -OCH3 is 1. The molecular weight excluding hydrogens is 422 g/mol. The SMILES string of the molecule is COc1ccc(CCC(=O)N2CCc3cc(C(=O)N4CCC(NN)=C(N)C4)nn3CC2)cc1. The molecule has 3 heterocycles. The van der Waals surface area contributed by atoms with Crippen LogP contribution in [0.25, 0.3) is 0 Å². The number of aryl methyl sites for hydroxylation is 1. The first-order chi connectivity index (χ1) is 16.0. The first kappa shape index (κ1) is 22.7. The lowest BCUT2D eigenvalue weighted by Crippen LogP contribution is -2.42. The van der Waals surface area contributed by atoms with Crippen LogP contribution in [0.1, 0.15) is 34.6 Å². The second-order valence-electron chi connectivity index (χ2n) is 8.35. The lowest BCUT2D eigenvalue weighted by atomic mass is 10.1. The number of nitrogens with two attached hydrogens (primary N) is 2. The fourth-order valence-electron chi connectivity index (χ4n) is 4.27. The minimum Gasteiger partial charge on any atom is -0.497 e. The Morgan fingerprint density at radius 1 is 1.09 bits per heavy atom. The lowest BCUT2D eigenvalue weighted by Gasteiger charge is -2.28. The molecule has 0 spiro atoms. The van der Waals surface area contributed by atoms with Crippen molar-refractivity contribution in [2.75, 3.05) is 33.3 Å². The molecule has 0 saturated heterocycles. The van der Waals surface area contributed by atoms with Crippen molar-refractivity contribution in [2.45, 2.75) is 32.2 Å². The Balaban J connectivity index is 1.32. The summed E-state index contributed by atoms with van der Waals surface area (Å²) in [7, 11) is 1.64. The number of fused-ring (bicyclic) bond motifs is 1. The highest BCUT2D eigenvalue weighted by Gasteiger charge is 2.26. The van der Waals surface area contributed by atoms with E-state index in [0.717, 1.165) is 22.7 Å². The summed E-state index contributed by atoms with van der Waals surface area (Å²) >= 11 is 0. The molecule has 0 unspecified atom stereocenters. The second kappa shape index (κ2) is 9.95. The van der Waals surface area contributed by atoms with E-state index in [1.54, 1.807) is 12.0 Å². The number of hydrogen-bond donors (Lipinski definition) is 3. The van der Waals surface area contributed by atoms with Crippen LogP contribution in [0.15, 0.2) is 41.7 Å². The average Bonchev–Trinajstić information content (AvgIpc) is 3.15. The number of nitrogens with zero attached hydrogens (tertiary/aromatic N) is 4. The normalized spacial score (nSPS) is 16.3. The van der Waals surface area contributed by atoms with Gasteiger partial charge in [-0.05, 0) is 30.2 Å². The van der Waals surface area contributed by atoms with Crippen molar-refractivity contribution in [3.63, 3.8) is 0 Å². The van der Waals surface area contributed by atoms with E-state index in [4.69, 9.17) is 16.3 Å². The summed E-state index contributed by atoms with van der Waals surface area (Å²) in [5.41, 5.74) is 12.4. The summed E-state index contributed by atoms with van der Waals surface area (Å²) < 4.78 is 7.02. The van der Waals surface area contributed by atoms with Crippen molar-refractivity contribution in [3.05, 3.63) is 58.7 Å². The molecule has 4 rings (SSSR count). The number of hydrogen-bond acceptors (Lipinski definition) is 7. The van der Waals surface area contributed by atoms with Gasteiger partial charge in [-0.3, -0.25) is 20.1 Å². The summed E-state index contributed by atoms with van der Waals surface area (Å²) in [5, 5.41) is 4.53. The summed E-state index contributed by atoms with van der Waals surface area (Å²) in [6.07, 6.45) is 2.41. The van der Waals surface area contributed by atoms with Gasteiger partial charge in [-0.15, -0.1) is 0 Å². The maximum atomic E-state index is 12.9. The summed E-state index contributed by atoms with van der Waals surface area (Å²) in [6, 6.07) is 9.63. The van der Waals surface area contributed by atoms with Crippen molar-refractivity contribution in [1.82, 2.24) is 25.0 Å². The van der Waals surface area contributed by atoms with Gasteiger partial charge in [-0.1, -0.05) is 12.1 Å². The minimum absolute atomic E-state index is 0.132. The highest BCUT2D eigenvalue weighted by Crippen LogP contribution is 2.18. The Labute approximate surface area is 193 Å². The van der Waals surface area contributed by atoms with E-state index in [0.29, 0.717) is 69.8 Å². The molecule has 1 aromatic carbocycles. The highest BCUT2D eigenvalue weighted by molar-refractivity contribution is 5.92. The Hall–Kier alpha value is -3.53. The quantitative estimate of drug-likeness (QED) is 0.426. The second-order valence-corrected chi connectivity index (χ2v) is 8.35. The van der Waals surface area contributed by atoms with Crippen LogP contribution >= 0.6 is 0 Å². The van der Waals surface area contributed by atoms with Crippen LogP contribution in [-0.2, 0) is 24.2 Å². The predicted molar refractivity (Wildman–Crippen MR) is 123 cm³/mol. The van der Waals surface area contributed by atoms with Crippen LogP contribution in [-0.4, -0.2) is 64.7 Å². The van der Waals surface area contributed by atoms with Gasteiger partial charge in [0.25, 0.3) is 5.91 Å². The molecule has 5 N–H and O–H groups in total. The van der Waals surface area contributed by atoms with Crippen molar-refractivity contribution >= 4 is 11.8 Å². The van der Waals surface area contributed by atoms with E-state index < -0.39 is 0 Å². The minimum atomic E-state index is -0.137. The molecule has 10 nitrogen and oxygen atoms in total. The van der Waals surface area contributed by atoms with Gasteiger partial charge in [-0.2, -0.15) is 5.10 Å². The number of hydrazine groups is 1. The first-order valence-electron chi connectivity index (χ1n) is 11.2. The molecule has 2 aliphatic rings. The van der Waals surface area contributed by atoms with E-state index in [1.807, 2.05) is 39.9 Å². The third-order valence-corrected chi connectivity index (χ3v) is 6.28. The van der Waals surface area contributed by atoms with Gasteiger partial charge in [-0.25, -0.2) is 0 Å². The molecule has 0 fully saturated rings. The van der Waals surface area contributed by atoms with E-state index >= 15 is 0 Å². The molecule has 0 radical (unpaired) electrons. The lowest BCUT2D eigenvalue weighted by molar-refractivity contribution is -0.131. The molecule has 2 aliphatic heterocycles. The molecule has 0 bridgehead atoms. The molecule has 0 atom stereocenters. The van der Waals surface area contributed by atoms with Gasteiger partial charge in [0.2, 0.25) is 5.91 Å². The fourth-order valence-corrected chi connectivity index (χ4v) is 4.27. The van der Waals surface area contributed by atoms with E-state index in [9.17, 15) is 9.59 Å². The molecule has 1 aromatic heterocycles. The van der Waals surface area contributed by atoms with Crippen LogP contribution in [0.2, 0.25) is 0 Å². The Kier molecular flexibility index (Phi) is 6.83. The average molecular weight is 454 g/mol. The predicted octanol–water partition coefficient (Wildman–Crippen LogP) is 0.389. The summed E-state index contributed by atoms with van der Waals surface area (Å²) in [5.74, 6) is 6.26. The molecule has 2 amide bonds. The molecule has 33 heavy (non-hydrogen) atoms. The molecular formula is C23H31N7O3. The van der Waals surface area contributed by atoms with Crippen LogP contribution in [0.4, 0.5) is 0 Å². The van der Waals surface area contributed by atoms with E-state index in [2.05, 4.69) is 10.5 Å².